The van der Waals surface area contributed by atoms with Crippen LogP contribution in [0.4, 0.5) is 10.1 Å². The lowest BCUT2D eigenvalue weighted by molar-refractivity contribution is 0.628. The number of halogens is 1. The van der Waals surface area contributed by atoms with Crippen LogP contribution in [0.25, 0.3) is 0 Å². The normalized spacial score (nSPS) is 11.1. The van der Waals surface area contributed by atoms with E-state index in [0.717, 1.165) is 0 Å². The molecule has 0 amide bonds. The van der Waals surface area contributed by atoms with Gasteiger partial charge in [0.1, 0.15) is 5.82 Å². The van der Waals surface area contributed by atoms with Crippen molar-refractivity contribution < 1.29 is 4.39 Å². The Hall–Kier alpha value is -1.38. The van der Waals surface area contributed by atoms with Gasteiger partial charge in [0.15, 0.2) is 0 Å². The molecule has 0 unspecified atom stereocenters. The molecule has 0 atom stereocenters. The summed E-state index contributed by atoms with van der Waals surface area (Å²) in [5.74, 6) is 0.130. The van der Waals surface area contributed by atoms with Crippen molar-refractivity contribution in [2.75, 3.05) is 5.43 Å². The molecule has 0 aliphatic rings. The minimum atomic E-state index is -0.259. The fraction of sp³-hybridized carbons (Fsp3) is 0.300. The van der Waals surface area contributed by atoms with E-state index < -0.39 is 0 Å². The second kappa shape index (κ2) is 4.60. The molecule has 0 saturated heterocycles. The van der Waals surface area contributed by atoms with Crippen molar-refractivity contribution in [3.8, 4) is 0 Å². The van der Waals surface area contributed by atoms with Gasteiger partial charge in [0.2, 0.25) is 0 Å². The average Bonchev–Trinajstić information content (AvgIpc) is 2.03. The van der Waals surface area contributed by atoms with E-state index in [1.165, 1.54) is 12.1 Å². The molecular formula is C10H13FN2. The number of benzene rings is 1. The Kier molecular flexibility index (Phi) is 3.43. The molecule has 3 heteroatoms. The SMILES string of the molecule is CC(C)/C=N/Nc1cccc(F)c1. The molecule has 1 aromatic carbocycles. The van der Waals surface area contributed by atoms with Crippen LogP contribution < -0.4 is 5.43 Å². The largest absolute Gasteiger partial charge is 0.279 e. The molecule has 0 heterocycles. The van der Waals surface area contributed by atoms with Crippen molar-refractivity contribution in [3.05, 3.63) is 30.1 Å². The van der Waals surface area contributed by atoms with Crippen molar-refractivity contribution in [2.45, 2.75) is 13.8 Å². The molecule has 2 nitrogen and oxygen atoms in total. The first-order valence-electron chi connectivity index (χ1n) is 4.23. The van der Waals surface area contributed by atoms with Crippen molar-refractivity contribution >= 4 is 11.9 Å². The molecule has 0 saturated carbocycles. The van der Waals surface area contributed by atoms with Gasteiger partial charge in [0.25, 0.3) is 0 Å². The highest BCUT2D eigenvalue weighted by Crippen LogP contribution is 2.08. The van der Waals surface area contributed by atoms with Crippen molar-refractivity contribution in [2.24, 2.45) is 11.0 Å². The lowest BCUT2D eigenvalue weighted by Gasteiger charge is -1.99. The van der Waals surface area contributed by atoms with E-state index in [1.807, 2.05) is 13.8 Å². The minimum absolute atomic E-state index is 0.259. The van der Waals surface area contributed by atoms with Gasteiger partial charge in [-0.15, -0.1) is 0 Å². The lowest BCUT2D eigenvalue weighted by atomic mass is 10.3. The molecule has 1 aromatic rings. The average molecular weight is 180 g/mol. The van der Waals surface area contributed by atoms with Gasteiger partial charge in [-0.05, 0) is 24.1 Å². The Labute approximate surface area is 77.5 Å². The second-order valence-electron chi connectivity index (χ2n) is 3.14. The maximum atomic E-state index is 12.7. The molecule has 0 spiro atoms. The summed E-state index contributed by atoms with van der Waals surface area (Å²) in [7, 11) is 0. The van der Waals surface area contributed by atoms with E-state index in [2.05, 4.69) is 10.5 Å². The molecule has 13 heavy (non-hydrogen) atoms. The Morgan fingerprint density at radius 3 is 2.85 bits per heavy atom. The van der Waals surface area contributed by atoms with Crippen LogP contribution in [0.15, 0.2) is 29.4 Å². The van der Waals surface area contributed by atoms with Gasteiger partial charge >= 0.3 is 0 Å². The number of nitrogens with one attached hydrogen (secondary N) is 1. The monoisotopic (exact) mass is 180 g/mol. The number of anilines is 1. The van der Waals surface area contributed by atoms with Crippen LogP contribution in [0.1, 0.15) is 13.8 Å². The lowest BCUT2D eigenvalue weighted by Crippen LogP contribution is -1.93. The van der Waals surface area contributed by atoms with E-state index in [4.69, 9.17) is 0 Å². The third kappa shape index (κ3) is 3.69. The summed E-state index contributed by atoms with van der Waals surface area (Å²) >= 11 is 0. The summed E-state index contributed by atoms with van der Waals surface area (Å²) in [6, 6.07) is 6.21. The smallest absolute Gasteiger partial charge is 0.125 e. The van der Waals surface area contributed by atoms with E-state index in [1.54, 1.807) is 18.3 Å². The second-order valence-corrected chi connectivity index (χ2v) is 3.14. The fourth-order valence-corrected chi connectivity index (χ4v) is 0.819. The molecule has 0 aliphatic carbocycles. The van der Waals surface area contributed by atoms with Crippen LogP contribution in [0, 0.1) is 11.7 Å². The van der Waals surface area contributed by atoms with Crippen molar-refractivity contribution in [1.29, 1.82) is 0 Å². The molecule has 0 aromatic heterocycles. The first-order chi connectivity index (χ1) is 6.18. The van der Waals surface area contributed by atoms with Crippen LogP contribution in [0.3, 0.4) is 0 Å². The van der Waals surface area contributed by atoms with Crippen molar-refractivity contribution in [1.82, 2.24) is 0 Å². The van der Waals surface area contributed by atoms with Crippen LogP contribution in [-0.2, 0) is 0 Å². The summed E-state index contributed by atoms with van der Waals surface area (Å²) in [6.45, 7) is 4.05. The molecule has 0 aliphatic heterocycles. The molecule has 70 valence electrons. The van der Waals surface area contributed by atoms with Crippen LogP contribution in [-0.4, -0.2) is 6.21 Å². The van der Waals surface area contributed by atoms with Crippen LogP contribution in [0.2, 0.25) is 0 Å². The molecule has 0 fully saturated rings. The van der Waals surface area contributed by atoms with Gasteiger partial charge in [-0.1, -0.05) is 19.9 Å². The molecular weight excluding hydrogens is 167 g/mol. The summed E-state index contributed by atoms with van der Waals surface area (Å²) < 4.78 is 12.7. The van der Waals surface area contributed by atoms with Gasteiger partial charge in [-0.2, -0.15) is 5.10 Å². The number of hydrogen-bond acceptors (Lipinski definition) is 2. The maximum absolute atomic E-state index is 12.7. The van der Waals surface area contributed by atoms with Gasteiger partial charge in [-0.3, -0.25) is 5.43 Å². The molecule has 1 rings (SSSR count). The fourth-order valence-electron chi connectivity index (χ4n) is 0.819. The third-order valence-electron chi connectivity index (χ3n) is 1.39. The quantitative estimate of drug-likeness (QED) is 0.561. The van der Waals surface area contributed by atoms with Gasteiger partial charge in [0, 0.05) is 6.21 Å². The van der Waals surface area contributed by atoms with Gasteiger partial charge in [0.05, 0.1) is 5.69 Å². The third-order valence-corrected chi connectivity index (χ3v) is 1.39. The standard InChI is InChI=1S/C10H13FN2/c1-8(2)7-12-13-10-5-3-4-9(11)6-10/h3-8,13H,1-2H3/b12-7+. The zero-order valence-electron chi connectivity index (χ0n) is 7.79. The highest BCUT2D eigenvalue weighted by molar-refractivity contribution is 5.61. The predicted molar refractivity (Wildman–Crippen MR) is 53.4 cm³/mol. The summed E-state index contributed by atoms with van der Waals surface area (Å²) in [4.78, 5) is 0. The van der Waals surface area contributed by atoms with E-state index in [0.29, 0.717) is 11.6 Å². The van der Waals surface area contributed by atoms with E-state index in [-0.39, 0.29) is 5.82 Å². The summed E-state index contributed by atoms with van der Waals surface area (Å²) in [5, 5.41) is 3.94. The first-order valence-corrected chi connectivity index (χ1v) is 4.23. The minimum Gasteiger partial charge on any atom is -0.279 e. The molecule has 0 radical (unpaired) electrons. The van der Waals surface area contributed by atoms with Crippen LogP contribution >= 0.6 is 0 Å². The number of nitrogens with zero attached hydrogens (tertiary/aromatic N) is 1. The summed E-state index contributed by atoms with van der Waals surface area (Å²) in [6.07, 6.45) is 1.77. The zero-order valence-corrected chi connectivity index (χ0v) is 7.79. The molecule has 0 bridgehead atoms. The van der Waals surface area contributed by atoms with Gasteiger partial charge in [-0.25, -0.2) is 4.39 Å². The summed E-state index contributed by atoms with van der Waals surface area (Å²) in [5.41, 5.74) is 3.41. The zero-order chi connectivity index (χ0) is 9.68. The van der Waals surface area contributed by atoms with Crippen LogP contribution in [0.5, 0.6) is 0 Å². The van der Waals surface area contributed by atoms with E-state index in [9.17, 15) is 4.39 Å². The number of rotatable bonds is 3. The predicted octanol–water partition coefficient (Wildman–Crippen LogP) is 2.88. The highest BCUT2D eigenvalue weighted by Gasteiger charge is 1.91. The highest BCUT2D eigenvalue weighted by atomic mass is 19.1. The van der Waals surface area contributed by atoms with Crippen molar-refractivity contribution in [3.63, 3.8) is 0 Å². The topological polar surface area (TPSA) is 24.4 Å². The Bertz CT molecular complexity index is 295. The van der Waals surface area contributed by atoms with E-state index >= 15 is 0 Å². The number of hydrazone groups is 1. The Balaban J connectivity index is 2.55. The molecule has 1 N–H and O–H groups in total. The number of hydrogen-bond donors (Lipinski definition) is 1. The van der Waals surface area contributed by atoms with Gasteiger partial charge < -0.3 is 0 Å². The Morgan fingerprint density at radius 2 is 2.23 bits per heavy atom. The maximum Gasteiger partial charge on any atom is 0.125 e. The Morgan fingerprint density at radius 1 is 1.46 bits per heavy atom. The first kappa shape index (κ1) is 9.71.